The van der Waals surface area contributed by atoms with E-state index in [4.69, 9.17) is 0 Å². The van der Waals surface area contributed by atoms with Crippen LogP contribution in [0, 0.1) is 11.6 Å². The zero-order chi connectivity index (χ0) is 23.9. The number of hydrogen-bond acceptors (Lipinski definition) is 4. The molecule has 0 bridgehead atoms. The van der Waals surface area contributed by atoms with Gasteiger partial charge in [0.25, 0.3) is 12.3 Å². The number of sulfonamides is 1. The van der Waals surface area contributed by atoms with Crippen LogP contribution >= 0.6 is 0 Å². The molecule has 31 heavy (non-hydrogen) atoms. The fourth-order valence-corrected chi connectivity index (χ4v) is 3.88. The van der Waals surface area contributed by atoms with Gasteiger partial charge in [0.05, 0.1) is 5.69 Å². The molecule has 7 nitrogen and oxygen atoms in total. The SMILES string of the molecule is Cn1cc(S(=O)(=O)NC(C)(C)C(F)(F)F)c(F)c1C(=O)Nc1ccnc(C(F)F)c1F. The number of amides is 1. The molecule has 0 aliphatic heterocycles. The van der Waals surface area contributed by atoms with E-state index in [1.165, 1.54) is 4.72 Å². The maximum Gasteiger partial charge on any atom is 0.407 e. The summed E-state index contributed by atoms with van der Waals surface area (Å²) >= 11 is 0. The van der Waals surface area contributed by atoms with E-state index in [1.54, 1.807) is 5.32 Å². The third kappa shape index (κ3) is 4.81. The number of pyridine rings is 1. The van der Waals surface area contributed by atoms with E-state index >= 15 is 0 Å². The van der Waals surface area contributed by atoms with Crippen molar-refractivity contribution >= 4 is 21.6 Å². The molecule has 0 saturated heterocycles. The van der Waals surface area contributed by atoms with Crippen molar-refractivity contribution in [2.45, 2.75) is 36.9 Å². The highest BCUT2D eigenvalue weighted by atomic mass is 32.2. The number of aryl methyl sites for hydroxylation is 1. The quantitative estimate of drug-likeness (QED) is 0.625. The lowest BCUT2D eigenvalue weighted by Gasteiger charge is -2.28. The Hall–Kier alpha value is -2.68. The minimum atomic E-state index is -5.10. The van der Waals surface area contributed by atoms with Crippen molar-refractivity contribution in [1.29, 1.82) is 0 Å². The van der Waals surface area contributed by atoms with Crippen LogP contribution in [0.15, 0.2) is 23.4 Å². The molecule has 2 aromatic heterocycles. The van der Waals surface area contributed by atoms with Crippen LogP contribution in [0.1, 0.15) is 36.5 Å². The zero-order valence-corrected chi connectivity index (χ0v) is 16.8. The minimum absolute atomic E-state index is 0.506. The van der Waals surface area contributed by atoms with Gasteiger partial charge in [0.1, 0.15) is 21.8 Å². The van der Waals surface area contributed by atoms with Crippen LogP contribution in [0.25, 0.3) is 0 Å². The summed E-state index contributed by atoms with van der Waals surface area (Å²) in [6.45, 7) is 1.01. The Labute approximate surface area is 171 Å². The standard InChI is InChI=1S/C16H15F7N4O3S/c1-15(2,16(21,22)23)26-31(29,30)8-6-27(3)12(10(8)18)14(28)25-7-4-5-24-11(9(7)17)13(19)20/h4-6,13,26H,1-3H3,(H,24,25,28). The first-order valence-corrected chi connectivity index (χ1v) is 9.67. The fraction of sp³-hybridized carbons (Fsp3) is 0.375. The second-order valence-electron chi connectivity index (χ2n) is 6.81. The summed E-state index contributed by atoms with van der Waals surface area (Å²) < 4.78 is 120. The number of alkyl halides is 5. The summed E-state index contributed by atoms with van der Waals surface area (Å²) in [5, 5.41) is 1.80. The van der Waals surface area contributed by atoms with E-state index in [-0.39, 0.29) is 0 Å². The monoisotopic (exact) mass is 476 g/mol. The summed E-state index contributed by atoms with van der Waals surface area (Å²) in [4.78, 5) is 14.2. The Morgan fingerprint density at radius 1 is 1.16 bits per heavy atom. The molecular formula is C16H15F7N4O3S. The first kappa shape index (κ1) is 24.6. The van der Waals surface area contributed by atoms with Gasteiger partial charge in [-0.1, -0.05) is 0 Å². The number of carbonyl (C=O) groups is 1. The van der Waals surface area contributed by atoms with Crippen LogP contribution in [0.2, 0.25) is 0 Å². The largest absolute Gasteiger partial charge is 0.407 e. The van der Waals surface area contributed by atoms with E-state index in [0.717, 1.165) is 19.3 Å². The van der Waals surface area contributed by atoms with E-state index in [0.29, 0.717) is 24.6 Å². The van der Waals surface area contributed by atoms with Crippen LogP contribution in [0.4, 0.5) is 36.4 Å². The van der Waals surface area contributed by atoms with Gasteiger partial charge in [0.2, 0.25) is 10.0 Å². The number of nitrogens with zero attached hydrogens (tertiary/aromatic N) is 2. The number of aromatic nitrogens is 2. The second kappa shape index (κ2) is 8.11. The lowest BCUT2D eigenvalue weighted by Crippen LogP contribution is -2.54. The molecule has 15 heteroatoms. The van der Waals surface area contributed by atoms with Gasteiger partial charge in [0.15, 0.2) is 11.6 Å². The Balaban J connectivity index is 2.42. The van der Waals surface area contributed by atoms with E-state index in [2.05, 4.69) is 4.98 Å². The number of carbonyl (C=O) groups excluding carboxylic acids is 1. The normalized spacial score (nSPS) is 13.0. The lowest BCUT2D eigenvalue weighted by molar-refractivity contribution is -0.180. The third-order valence-electron chi connectivity index (χ3n) is 4.06. The average molecular weight is 476 g/mol. The van der Waals surface area contributed by atoms with Crippen LogP contribution < -0.4 is 10.0 Å². The molecule has 1 amide bonds. The van der Waals surface area contributed by atoms with Crippen LogP contribution in [0.3, 0.4) is 0 Å². The molecule has 0 saturated carbocycles. The highest BCUT2D eigenvalue weighted by molar-refractivity contribution is 7.89. The van der Waals surface area contributed by atoms with Crippen molar-refractivity contribution in [2.24, 2.45) is 7.05 Å². The lowest BCUT2D eigenvalue weighted by atomic mass is 10.1. The molecule has 2 aromatic rings. The van der Waals surface area contributed by atoms with Gasteiger partial charge < -0.3 is 9.88 Å². The van der Waals surface area contributed by atoms with Crippen molar-refractivity contribution in [1.82, 2.24) is 14.3 Å². The molecular weight excluding hydrogens is 461 g/mol. The fourth-order valence-electron chi connectivity index (χ4n) is 2.35. The first-order chi connectivity index (χ1) is 14.0. The van der Waals surface area contributed by atoms with Crippen molar-refractivity contribution in [3.63, 3.8) is 0 Å². The average Bonchev–Trinajstić information content (AvgIpc) is 2.90. The van der Waals surface area contributed by atoms with Crippen molar-refractivity contribution < 1.29 is 43.9 Å². The molecule has 0 unspecified atom stereocenters. The number of rotatable bonds is 6. The smallest absolute Gasteiger partial charge is 0.343 e. The predicted octanol–water partition coefficient (Wildman–Crippen LogP) is 3.51. The Morgan fingerprint density at radius 3 is 2.26 bits per heavy atom. The van der Waals surface area contributed by atoms with Gasteiger partial charge in [0, 0.05) is 19.4 Å². The van der Waals surface area contributed by atoms with Crippen molar-refractivity contribution in [3.8, 4) is 0 Å². The molecule has 2 heterocycles. The molecule has 0 aromatic carbocycles. The van der Waals surface area contributed by atoms with Gasteiger partial charge in [-0.25, -0.2) is 26.0 Å². The van der Waals surface area contributed by atoms with Gasteiger partial charge in [-0.05, 0) is 19.9 Å². The maximum absolute atomic E-state index is 14.7. The number of nitrogens with one attached hydrogen (secondary N) is 2. The second-order valence-corrected chi connectivity index (χ2v) is 8.46. The van der Waals surface area contributed by atoms with Crippen LogP contribution in [-0.4, -0.2) is 35.6 Å². The Bertz CT molecular complexity index is 1110. The highest BCUT2D eigenvalue weighted by Gasteiger charge is 2.50. The van der Waals surface area contributed by atoms with Crippen LogP contribution in [0.5, 0.6) is 0 Å². The van der Waals surface area contributed by atoms with Crippen molar-refractivity contribution in [2.75, 3.05) is 5.32 Å². The topological polar surface area (TPSA) is 93.1 Å². The molecule has 2 N–H and O–H groups in total. The molecule has 2 rings (SSSR count). The predicted molar refractivity (Wildman–Crippen MR) is 92.9 cm³/mol. The van der Waals surface area contributed by atoms with Gasteiger partial charge in [-0.2, -0.15) is 17.9 Å². The van der Waals surface area contributed by atoms with E-state index < -0.39 is 67.7 Å². The van der Waals surface area contributed by atoms with Gasteiger partial charge in [-0.15, -0.1) is 0 Å². The number of halogens is 7. The molecule has 0 fully saturated rings. The van der Waals surface area contributed by atoms with Crippen LogP contribution in [-0.2, 0) is 17.1 Å². The van der Waals surface area contributed by atoms with E-state index in [1.807, 2.05) is 0 Å². The van der Waals surface area contributed by atoms with E-state index in [9.17, 15) is 43.9 Å². The minimum Gasteiger partial charge on any atom is -0.343 e. The number of anilines is 1. The maximum atomic E-state index is 14.7. The van der Waals surface area contributed by atoms with Gasteiger partial charge in [-0.3, -0.25) is 9.78 Å². The zero-order valence-electron chi connectivity index (χ0n) is 16.0. The van der Waals surface area contributed by atoms with Crippen molar-refractivity contribution in [3.05, 3.63) is 41.5 Å². The summed E-state index contributed by atoms with van der Waals surface area (Å²) in [5.41, 5.74) is -6.05. The Morgan fingerprint density at radius 2 is 1.74 bits per heavy atom. The molecule has 0 aliphatic carbocycles. The third-order valence-corrected chi connectivity index (χ3v) is 5.70. The van der Waals surface area contributed by atoms with Gasteiger partial charge >= 0.3 is 6.18 Å². The summed E-state index contributed by atoms with van der Waals surface area (Å²) in [6.07, 6.45) is -7.05. The first-order valence-electron chi connectivity index (χ1n) is 8.19. The summed E-state index contributed by atoms with van der Waals surface area (Å²) in [6, 6.07) is 0.797. The molecule has 172 valence electrons. The molecule has 0 spiro atoms. The molecule has 0 radical (unpaired) electrons. The summed E-state index contributed by atoms with van der Waals surface area (Å²) in [7, 11) is -4.10. The Kier molecular flexibility index (Phi) is 6.43. The summed E-state index contributed by atoms with van der Waals surface area (Å²) in [5.74, 6) is -4.77. The molecule has 0 aliphatic rings. The highest BCUT2D eigenvalue weighted by Crippen LogP contribution is 2.32. The number of hydrogen-bond donors (Lipinski definition) is 2. The molecule has 0 atom stereocenters.